The van der Waals surface area contributed by atoms with E-state index in [4.69, 9.17) is 11.2 Å². The van der Waals surface area contributed by atoms with Crippen LogP contribution in [0.25, 0.3) is 0 Å². The van der Waals surface area contributed by atoms with Gasteiger partial charge in [0.2, 0.25) is 0 Å². The van der Waals surface area contributed by atoms with E-state index < -0.39 is 0 Å². The van der Waals surface area contributed by atoms with Gasteiger partial charge in [-0.15, -0.1) is 12.3 Å². The number of hydrogen-bond acceptors (Lipinski definition) is 2. The van der Waals surface area contributed by atoms with Gasteiger partial charge in [0, 0.05) is 25.7 Å². The van der Waals surface area contributed by atoms with E-state index in [9.17, 15) is 0 Å². The van der Waals surface area contributed by atoms with Crippen LogP contribution in [0, 0.1) is 12.3 Å². The largest absolute Gasteiger partial charge is 0.497 e. The molecule has 0 amide bonds. The van der Waals surface area contributed by atoms with Crippen molar-refractivity contribution in [2.45, 2.75) is 12.8 Å². The zero-order chi connectivity index (χ0) is 11.1. The first-order valence-corrected chi connectivity index (χ1v) is 5.06. The fourth-order valence-corrected chi connectivity index (χ4v) is 1.38. The predicted molar refractivity (Wildman–Crippen MR) is 64.3 cm³/mol. The van der Waals surface area contributed by atoms with Crippen LogP contribution < -0.4 is 9.64 Å². The first-order chi connectivity index (χ1) is 7.27. The summed E-state index contributed by atoms with van der Waals surface area (Å²) in [4.78, 5) is 2.19. The van der Waals surface area contributed by atoms with Gasteiger partial charge in [-0.1, -0.05) is 0 Å². The van der Waals surface area contributed by atoms with Crippen molar-refractivity contribution >= 4 is 5.69 Å². The maximum atomic E-state index is 5.21. The van der Waals surface area contributed by atoms with E-state index in [-0.39, 0.29) is 0 Å². The summed E-state index contributed by atoms with van der Waals surface area (Å²) in [5, 5.41) is 0. The molecule has 0 fully saturated rings. The molecule has 1 aromatic carbocycles. The molecule has 0 unspecified atom stereocenters. The fraction of sp³-hybridized carbons (Fsp3) is 0.385. The van der Waals surface area contributed by atoms with Gasteiger partial charge >= 0.3 is 0 Å². The van der Waals surface area contributed by atoms with Crippen LogP contribution in [-0.4, -0.2) is 20.7 Å². The summed E-state index contributed by atoms with van der Waals surface area (Å²) >= 11 is 0. The van der Waals surface area contributed by atoms with Crippen molar-refractivity contribution in [3.63, 3.8) is 0 Å². The first kappa shape index (κ1) is 11.5. The molecule has 1 rings (SSSR count). The van der Waals surface area contributed by atoms with Crippen LogP contribution in [0.4, 0.5) is 5.69 Å². The molecule has 0 saturated carbocycles. The second kappa shape index (κ2) is 5.98. The molecule has 0 spiro atoms. The molecular formula is C13H17NO. The predicted octanol–water partition coefficient (Wildman–Crippen LogP) is 2.54. The van der Waals surface area contributed by atoms with Crippen molar-refractivity contribution in [2.24, 2.45) is 0 Å². The molecule has 0 N–H and O–H groups in total. The van der Waals surface area contributed by atoms with Gasteiger partial charge in [-0.3, -0.25) is 0 Å². The van der Waals surface area contributed by atoms with Gasteiger partial charge < -0.3 is 9.64 Å². The topological polar surface area (TPSA) is 12.5 Å². The lowest BCUT2D eigenvalue weighted by Crippen LogP contribution is -2.18. The Morgan fingerprint density at radius 2 is 2.00 bits per heavy atom. The van der Waals surface area contributed by atoms with Gasteiger partial charge in [-0.05, 0) is 30.7 Å². The Morgan fingerprint density at radius 1 is 1.33 bits per heavy atom. The van der Waals surface area contributed by atoms with Crippen molar-refractivity contribution in [2.75, 3.05) is 25.6 Å². The lowest BCUT2D eigenvalue weighted by Gasteiger charge is -2.18. The molecule has 0 aromatic heterocycles. The molecule has 0 saturated heterocycles. The number of rotatable bonds is 5. The Labute approximate surface area is 91.9 Å². The zero-order valence-electron chi connectivity index (χ0n) is 9.36. The molecule has 0 bridgehead atoms. The van der Waals surface area contributed by atoms with Gasteiger partial charge in [-0.25, -0.2) is 0 Å². The zero-order valence-corrected chi connectivity index (χ0v) is 9.36. The highest BCUT2D eigenvalue weighted by Crippen LogP contribution is 2.18. The number of nitrogens with zero attached hydrogens (tertiary/aromatic N) is 1. The number of benzene rings is 1. The summed E-state index contributed by atoms with van der Waals surface area (Å²) in [5.74, 6) is 3.53. The van der Waals surface area contributed by atoms with Crippen molar-refractivity contribution in [1.29, 1.82) is 0 Å². The number of anilines is 1. The molecule has 0 aliphatic carbocycles. The first-order valence-electron chi connectivity index (χ1n) is 5.06. The maximum absolute atomic E-state index is 5.21. The Morgan fingerprint density at radius 3 is 2.53 bits per heavy atom. The molecular weight excluding hydrogens is 186 g/mol. The minimum atomic E-state index is 0.834. The standard InChI is InChI=1S/C13H17NO/c1-4-5-6-11-14(2)12-7-9-13(15-3)10-8-12/h1,7-10H,5-6,11H2,2-3H3. The molecule has 2 heteroatoms. The van der Waals surface area contributed by atoms with E-state index in [1.54, 1.807) is 7.11 Å². The third kappa shape index (κ3) is 3.55. The Hall–Kier alpha value is -1.62. The highest BCUT2D eigenvalue weighted by molar-refractivity contribution is 5.48. The van der Waals surface area contributed by atoms with Crippen LogP contribution in [0.15, 0.2) is 24.3 Å². The Bertz CT molecular complexity index is 323. The minimum absolute atomic E-state index is 0.834. The summed E-state index contributed by atoms with van der Waals surface area (Å²) in [6.07, 6.45) is 7.07. The van der Waals surface area contributed by atoms with Crippen LogP contribution in [0.2, 0.25) is 0 Å². The molecule has 15 heavy (non-hydrogen) atoms. The van der Waals surface area contributed by atoms with Gasteiger partial charge in [0.25, 0.3) is 0 Å². The molecule has 0 heterocycles. The number of methoxy groups -OCH3 is 1. The third-order valence-electron chi connectivity index (χ3n) is 2.33. The van der Waals surface area contributed by atoms with Crippen LogP contribution in [0.1, 0.15) is 12.8 Å². The van der Waals surface area contributed by atoms with Crippen LogP contribution in [0.3, 0.4) is 0 Å². The Kier molecular flexibility index (Phi) is 4.56. The molecule has 0 aliphatic rings. The average molecular weight is 203 g/mol. The SMILES string of the molecule is C#CCCCN(C)c1ccc(OC)cc1. The summed E-state index contributed by atoms with van der Waals surface area (Å²) < 4.78 is 5.10. The lowest BCUT2D eigenvalue weighted by atomic mass is 10.2. The number of hydrogen-bond donors (Lipinski definition) is 0. The lowest BCUT2D eigenvalue weighted by molar-refractivity contribution is 0.415. The highest BCUT2D eigenvalue weighted by atomic mass is 16.5. The van der Waals surface area contributed by atoms with Crippen molar-refractivity contribution < 1.29 is 4.74 Å². The van der Waals surface area contributed by atoms with Gasteiger partial charge in [0.05, 0.1) is 7.11 Å². The molecule has 0 radical (unpaired) electrons. The quantitative estimate of drug-likeness (QED) is 0.538. The fourth-order valence-electron chi connectivity index (χ4n) is 1.38. The smallest absolute Gasteiger partial charge is 0.119 e. The number of terminal acetylenes is 1. The van der Waals surface area contributed by atoms with Gasteiger partial charge in [0.15, 0.2) is 0 Å². The van der Waals surface area contributed by atoms with Crippen molar-refractivity contribution in [1.82, 2.24) is 0 Å². The average Bonchev–Trinajstić information content (AvgIpc) is 2.29. The third-order valence-corrected chi connectivity index (χ3v) is 2.33. The normalized spacial score (nSPS) is 9.40. The minimum Gasteiger partial charge on any atom is -0.497 e. The van der Waals surface area contributed by atoms with E-state index in [2.05, 4.69) is 30.0 Å². The second-order valence-corrected chi connectivity index (χ2v) is 3.43. The number of ether oxygens (including phenoxy) is 1. The van der Waals surface area contributed by atoms with Crippen LogP contribution in [-0.2, 0) is 0 Å². The molecule has 1 aromatic rings. The van der Waals surface area contributed by atoms with Crippen molar-refractivity contribution in [3.8, 4) is 18.1 Å². The summed E-state index contributed by atoms with van der Waals surface area (Å²) in [6, 6.07) is 8.03. The van der Waals surface area contributed by atoms with Crippen LogP contribution in [0.5, 0.6) is 5.75 Å². The van der Waals surface area contributed by atoms with Crippen LogP contribution >= 0.6 is 0 Å². The van der Waals surface area contributed by atoms with Gasteiger partial charge in [-0.2, -0.15) is 0 Å². The highest BCUT2D eigenvalue weighted by Gasteiger charge is 1.99. The van der Waals surface area contributed by atoms with E-state index >= 15 is 0 Å². The monoisotopic (exact) mass is 203 g/mol. The molecule has 80 valence electrons. The van der Waals surface area contributed by atoms with Gasteiger partial charge in [0.1, 0.15) is 5.75 Å². The molecule has 2 nitrogen and oxygen atoms in total. The second-order valence-electron chi connectivity index (χ2n) is 3.43. The van der Waals surface area contributed by atoms with E-state index in [1.807, 2.05) is 12.1 Å². The summed E-state index contributed by atoms with van der Waals surface area (Å²) in [5.41, 5.74) is 1.19. The Balaban J connectivity index is 2.51. The summed E-state index contributed by atoms with van der Waals surface area (Å²) in [6.45, 7) is 0.983. The molecule has 0 atom stereocenters. The van der Waals surface area contributed by atoms with E-state index in [0.717, 1.165) is 25.1 Å². The summed E-state index contributed by atoms with van der Waals surface area (Å²) in [7, 11) is 3.74. The maximum Gasteiger partial charge on any atom is 0.119 e. The molecule has 0 aliphatic heterocycles. The number of unbranched alkanes of at least 4 members (excludes halogenated alkanes) is 1. The van der Waals surface area contributed by atoms with E-state index in [0.29, 0.717) is 0 Å². The van der Waals surface area contributed by atoms with E-state index in [1.165, 1.54) is 5.69 Å². The van der Waals surface area contributed by atoms with Crippen molar-refractivity contribution in [3.05, 3.63) is 24.3 Å².